The lowest BCUT2D eigenvalue weighted by Gasteiger charge is -2.46. The van der Waals surface area contributed by atoms with Gasteiger partial charge in [0.25, 0.3) is 0 Å². The van der Waals surface area contributed by atoms with Crippen LogP contribution in [0.5, 0.6) is 0 Å². The Morgan fingerprint density at radius 1 is 1.20 bits per heavy atom. The molecule has 0 bridgehead atoms. The van der Waals surface area contributed by atoms with Crippen LogP contribution in [0.25, 0.3) is 10.9 Å². The Morgan fingerprint density at radius 2 is 2.00 bits per heavy atom. The first kappa shape index (κ1) is 13.9. The van der Waals surface area contributed by atoms with E-state index in [2.05, 4.69) is 31.0 Å². The van der Waals surface area contributed by atoms with E-state index in [0.29, 0.717) is 0 Å². The molecular formula is C17H21NOS. The largest absolute Gasteiger partial charge is 0.384 e. The highest BCUT2D eigenvalue weighted by Gasteiger charge is 2.46. The molecule has 1 saturated heterocycles. The lowest BCUT2D eigenvalue weighted by Crippen LogP contribution is -2.47. The van der Waals surface area contributed by atoms with Crippen LogP contribution in [0.1, 0.15) is 31.5 Å². The van der Waals surface area contributed by atoms with Crippen molar-refractivity contribution in [2.75, 3.05) is 11.5 Å². The Kier molecular flexibility index (Phi) is 3.30. The van der Waals surface area contributed by atoms with Crippen molar-refractivity contribution >= 4 is 22.7 Å². The summed E-state index contributed by atoms with van der Waals surface area (Å²) in [6, 6.07) is 10.3. The van der Waals surface area contributed by atoms with Crippen molar-refractivity contribution in [2.45, 2.75) is 32.8 Å². The summed E-state index contributed by atoms with van der Waals surface area (Å²) < 4.78 is 0. The maximum Gasteiger partial charge on any atom is 0.104 e. The van der Waals surface area contributed by atoms with E-state index in [1.54, 1.807) is 0 Å². The first-order valence-electron chi connectivity index (χ1n) is 7.10. The minimum atomic E-state index is -0.755. The van der Waals surface area contributed by atoms with Crippen molar-refractivity contribution < 1.29 is 5.11 Å². The third-order valence-electron chi connectivity index (χ3n) is 4.61. The molecule has 1 aliphatic rings. The molecular weight excluding hydrogens is 266 g/mol. The second-order valence-corrected chi connectivity index (χ2v) is 7.51. The lowest BCUT2D eigenvalue weighted by atomic mass is 9.70. The number of fused-ring (bicyclic) bond motifs is 1. The van der Waals surface area contributed by atoms with E-state index in [1.807, 2.05) is 36.9 Å². The molecule has 1 aromatic heterocycles. The van der Waals surface area contributed by atoms with Crippen molar-refractivity contribution in [1.82, 2.24) is 4.98 Å². The Labute approximate surface area is 124 Å². The maximum atomic E-state index is 11.2. The fourth-order valence-corrected chi connectivity index (χ4v) is 4.56. The molecule has 3 heteroatoms. The Balaban J connectivity index is 2.11. The summed E-state index contributed by atoms with van der Waals surface area (Å²) in [6.45, 7) is 6.34. The predicted molar refractivity (Wildman–Crippen MR) is 86.1 cm³/mol. The first-order valence-corrected chi connectivity index (χ1v) is 8.26. The summed E-state index contributed by atoms with van der Waals surface area (Å²) in [7, 11) is 0. The van der Waals surface area contributed by atoms with Gasteiger partial charge in [-0.1, -0.05) is 26.0 Å². The van der Waals surface area contributed by atoms with Gasteiger partial charge in [-0.05, 0) is 48.3 Å². The van der Waals surface area contributed by atoms with Gasteiger partial charge in [-0.2, -0.15) is 11.8 Å². The van der Waals surface area contributed by atoms with E-state index < -0.39 is 5.60 Å². The van der Waals surface area contributed by atoms with Crippen LogP contribution >= 0.6 is 11.8 Å². The van der Waals surface area contributed by atoms with E-state index in [-0.39, 0.29) is 5.41 Å². The molecule has 2 aromatic rings. The number of thioether (sulfide) groups is 1. The van der Waals surface area contributed by atoms with Gasteiger partial charge < -0.3 is 5.11 Å². The Hall–Kier alpha value is -1.06. The fourth-order valence-electron chi connectivity index (χ4n) is 2.91. The van der Waals surface area contributed by atoms with Gasteiger partial charge in [0.15, 0.2) is 0 Å². The second-order valence-electron chi connectivity index (χ2n) is 6.41. The van der Waals surface area contributed by atoms with Crippen LogP contribution in [0.15, 0.2) is 30.3 Å². The summed E-state index contributed by atoms with van der Waals surface area (Å²) in [5, 5.41) is 12.3. The molecule has 1 N–H and O–H groups in total. The monoisotopic (exact) mass is 287 g/mol. The van der Waals surface area contributed by atoms with E-state index in [4.69, 9.17) is 0 Å². The van der Waals surface area contributed by atoms with Gasteiger partial charge in [-0.3, -0.25) is 4.98 Å². The average molecular weight is 287 g/mol. The van der Waals surface area contributed by atoms with Crippen LogP contribution in [-0.2, 0) is 5.60 Å². The molecule has 0 radical (unpaired) electrons. The van der Waals surface area contributed by atoms with Gasteiger partial charge in [0.2, 0.25) is 0 Å². The summed E-state index contributed by atoms with van der Waals surface area (Å²) in [6.07, 6.45) is 1.04. The summed E-state index contributed by atoms with van der Waals surface area (Å²) in [5.74, 6) is 1.90. The van der Waals surface area contributed by atoms with Crippen LogP contribution < -0.4 is 0 Å². The normalized spacial score (nSPS) is 25.8. The predicted octanol–water partition coefficient (Wildman–Crippen LogP) is 3.89. The van der Waals surface area contributed by atoms with E-state index >= 15 is 0 Å². The van der Waals surface area contributed by atoms with Gasteiger partial charge in [-0.25, -0.2) is 0 Å². The molecule has 20 heavy (non-hydrogen) atoms. The topological polar surface area (TPSA) is 33.1 Å². The van der Waals surface area contributed by atoms with Crippen LogP contribution in [-0.4, -0.2) is 21.6 Å². The molecule has 1 aliphatic heterocycles. The van der Waals surface area contributed by atoms with Crippen molar-refractivity contribution in [3.63, 3.8) is 0 Å². The third kappa shape index (κ3) is 2.13. The minimum absolute atomic E-state index is 0.0932. The summed E-state index contributed by atoms with van der Waals surface area (Å²) in [4.78, 5) is 4.53. The highest BCUT2D eigenvalue weighted by molar-refractivity contribution is 7.99. The van der Waals surface area contributed by atoms with Crippen molar-refractivity contribution in [1.29, 1.82) is 0 Å². The van der Waals surface area contributed by atoms with Crippen LogP contribution in [0, 0.1) is 12.3 Å². The van der Waals surface area contributed by atoms with E-state index in [9.17, 15) is 5.11 Å². The van der Waals surface area contributed by atoms with Crippen LogP contribution in [0.2, 0.25) is 0 Å². The van der Waals surface area contributed by atoms with Gasteiger partial charge in [0, 0.05) is 16.8 Å². The van der Waals surface area contributed by atoms with Crippen LogP contribution in [0.4, 0.5) is 0 Å². The molecule has 2 heterocycles. The van der Waals surface area contributed by atoms with Crippen molar-refractivity contribution in [3.05, 3.63) is 41.6 Å². The molecule has 0 spiro atoms. The molecule has 0 saturated carbocycles. The Morgan fingerprint density at radius 3 is 2.75 bits per heavy atom. The smallest absolute Gasteiger partial charge is 0.104 e. The number of aryl methyl sites for hydroxylation is 1. The highest BCUT2D eigenvalue weighted by Crippen LogP contribution is 2.48. The zero-order valence-electron chi connectivity index (χ0n) is 12.3. The second kappa shape index (κ2) is 4.74. The van der Waals surface area contributed by atoms with Gasteiger partial charge in [0.05, 0.1) is 5.52 Å². The molecule has 106 valence electrons. The molecule has 1 fully saturated rings. The van der Waals surface area contributed by atoms with Crippen molar-refractivity contribution in [2.24, 2.45) is 5.41 Å². The van der Waals surface area contributed by atoms with Gasteiger partial charge in [-0.15, -0.1) is 0 Å². The molecule has 0 aliphatic carbocycles. The number of hydrogen-bond acceptors (Lipinski definition) is 3. The number of hydrogen-bond donors (Lipinski definition) is 1. The average Bonchev–Trinajstić information content (AvgIpc) is 2.41. The number of pyridine rings is 1. The standard InChI is InChI=1S/C17H21NOS/c1-12-4-5-13-10-14(6-7-15(13)18-12)17(19)11-20-9-8-16(17,2)3/h4-7,10,19H,8-9,11H2,1-3H3. The molecule has 1 unspecified atom stereocenters. The quantitative estimate of drug-likeness (QED) is 0.863. The Bertz CT molecular complexity index is 652. The number of aliphatic hydroxyl groups is 1. The van der Waals surface area contributed by atoms with Crippen molar-refractivity contribution in [3.8, 4) is 0 Å². The molecule has 1 aromatic carbocycles. The number of nitrogens with zero attached hydrogens (tertiary/aromatic N) is 1. The summed E-state index contributed by atoms with van der Waals surface area (Å²) in [5.41, 5.74) is 2.20. The zero-order valence-corrected chi connectivity index (χ0v) is 13.1. The summed E-state index contributed by atoms with van der Waals surface area (Å²) >= 11 is 1.84. The zero-order chi connectivity index (χ0) is 14.4. The number of aromatic nitrogens is 1. The lowest BCUT2D eigenvalue weighted by molar-refractivity contribution is -0.0577. The minimum Gasteiger partial charge on any atom is -0.384 e. The number of benzene rings is 1. The van der Waals surface area contributed by atoms with Crippen LogP contribution in [0.3, 0.4) is 0 Å². The van der Waals surface area contributed by atoms with E-state index in [1.165, 1.54) is 0 Å². The number of rotatable bonds is 1. The molecule has 0 amide bonds. The van der Waals surface area contributed by atoms with Gasteiger partial charge >= 0.3 is 0 Å². The SMILES string of the molecule is Cc1ccc2cc(C3(O)CSCCC3(C)C)ccc2n1. The van der Waals surface area contributed by atoms with E-state index in [0.717, 1.165) is 40.1 Å². The third-order valence-corrected chi connectivity index (χ3v) is 5.72. The molecule has 1 atom stereocenters. The first-order chi connectivity index (χ1) is 9.42. The molecule has 2 nitrogen and oxygen atoms in total. The molecule has 3 rings (SSSR count). The maximum absolute atomic E-state index is 11.2. The highest BCUT2D eigenvalue weighted by atomic mass is 32.2. The van der Waals surface area contributed by atoms with Gasteiger partial charge in [0.1, 0.15) is 5.60 Å². The fraction of sp³-hybridized carbons (Fsp3) is 0.471.